The van der Waals surface area contributed by atoms with Crippen molar-refractivity contribution in [2.24, 2.45) is 5.92 Å². The first-order valence-corrected chi connectivity index (χ1v) is 12.1. The van der Waals surface area contributed by atoms with Gasteiger partial charge in [0, 0.05) is 17.4 Å². The van der Waals surface area contributed by atoms with Crippen LogP contribution in [0.3, 0.4) is 0 Å². The van der Waals surface area contributed by atoms with E-state index in [4.69, 9.17) is 4.74 Å². The van der Waals surface area contributed by atoms with Crippen molar-refractivity contribution in [1.82, 2.24) is 10.2 Å². The van der Waals surface area contributed by atoms with E-state index in [9.17, 15) is 34.5 Å². The number of aliphatic hydroxyl groups is 3. The topological polar surface area (TPSA) is 153 Å². The number of amides is 2. The van der Waals surface area contributed by atoms with Crippen molar-refractivity contribution in [2.75, 3.05) is 12.4 Å². The minimum absolute atomic E-state index is 0.333. The number of esters is 1. The maximum absolute atomic E-state index is 12.3. The van der Waals surface area contributed by atoms with E-state index in [1.165, 1.54) is 0 Å². The van der Waals surface area contributed by atoms with E-state index in [0.29, 0.717) is 23.8 Å². The van der Waals surface area contributed by atoms with Gasteiger partial charge in [-0.05, 0) is 12.8 Å². The van der Waals surface area contributed by atoms with Gasteiger partial charge in [0.15, 0.2) is 0 Å². The molecule has 2 fully saturated rings. The molecule has 0 aliphatic carbocycles. The predicted molar refractivity (Wildman–Crippen MR) is 110 cm³/mol. The lowest BCUT2D eigenvalue weighted by Gasteiger charge is -2.44. The van der Waals surface area contributed by atoms with Crippen molar-refractivity contribution in [3.05, 3.63) is 0 Å². The lowest BCUT2D eigenvalue weighted by Crippen LogP contribution is -2.68. The molecule has 2 rings (SSSR count). The summed E-state index contributed by atoms with van der Waals surface area (Å²) in [6, 6.07) is -1.15. The van der Waals surface area contributed by atoms with Gasteiger partial charge in [-0.1, -0.05) is 35.4 Å². The quantitative estimate of drug-likeness (QED) is 0.0990. The second kappa shape index (κ2) is 11.3. The fourth-order valence-electron chi connectivity index (χ4n) is 3.24. The van der Waals surface area contributed by atoms with Crippen LogP contribution in [0.15, 0.2) is 0 Å². The van der Waals surface area contributed by atoms with Crippen LogP contribution in [-0.4, -0.2) is 92.4 Å². The lowest BCUT2D eigenvalue weighted by atomic mass is 9.92. The SMILES string of the molecule is CC(CCC=O)SSCCC(C)C(=O)OC[C@@H]1[C@@H](O)[C@H](O)[C@H](O)[C@H]2NC(=O)C(=O)N12. The maximum atomic E-state index is 12.3. The number of fused-ring (bicyclic) bond motifs is 1. The van der Waals surface area contributed by atoms with Gasteiger partial charge < -0.3 is 35.1 Å². The Hall–Kier alpha value is -1.34. The molecule has 0 bridgehead atoms. The van der Waals surface area contributed by atoms with Crippen molar-refractivity contribution in [3.63, 3.8) is 0 Å². The Labute approximate surface area is 182 Å². The second-order valence-electron chi connectivity index (χ2n) is 7.46. The summed E-state index contributed by atoms with van der Waals surface area (Å²) in [6.07, 6.45) is -3.13. The summed E-state index contributed by atoms with van der Waals surface area (Å²) in [4.78, 5) is 47.3. The normalized spacial score (nSPS) is 30.4. The molecule has 30 heavy (non-hydrogen) atoms. The molecule has 0 saturated carbocycles. The largest absolute Gasteiger partial charge is 0.463 e. The molecule has 2 heterocycles. The molecule has 4 N–H and O–H groups in total. The average Bonchev–Trinajstić information content (AvgIpc) is 3.02. The van der Waals surface area contributed by atoms with Crippen LogP contribution in [0.1, 0.15) is 33.1 Å². The molecule has 0 aromatic carbocycles. The zero-order valence-corrected chi connectivity index (χ0v) is 18.4. The third kappa shape index (κ3) is 5.88. The molecule has 2 unspecified atom stereocenters. The Kier molecular flexibility index (Phi) is 9.41. The fourth-order valence-corrected chi connectivity index (χ4v) is 5.82. The Bertz CT molecular complexity index is 652. The highest BCUT2D eigenvalue weighted by molar-refractivity contribution is 8.76. The fraction of sp³-hybridized carbons (Fsp3) is 0.778. The van der Waals surface area contributed by atoms with Gasteiger partial charge in [-0.3, -0.25) is 14.4 Å². The summed E-state index contributed by atoms with van der Waals surface area (Å²) in [5.74, 6) is -2.17. The van der Waals surface area contributed by atoms with Crippen molar-refractivity contribution in [1.29, 1.82) is 0 Å². The molecular weight excluding hydrogens is 436 g/mol. The molecule has 2 saturated heterocycles. The minimum Gasteiger partial charge on any atom is -0.463 e. The first kappa shape index (κ1) is 24.9. The summed E-state index contributed by atoms with van der Waals surface area (Å²) < 4.78 is 5.24. The zero-order chi connectivity index (χ0) is 22.4. The average molecular weight is 465 g/mol. The van der Waals surface area contributed by atoms with Crippen LogP contribution in [0.4, 0.5) is 0 Å². The Morgan fingerprint density at radius 1 is 1.20 bits per heavy atom. The summed E-state index contributed by atoms with van der Waals surface area (Å²) in [5.41, 5.74) is 0. The molecule has 0 aromatic rings. The maximum Gasteiger partial charge on any atom is 0.314 e. The van der Waals surface area contributed by atoms with E-state index < -0.39 is 60.8 Å². The number of aliphatic hydroxyl groups excluding tert-OH is 3. The van der Waals surface area contributed by atoms with Crippen LogP contribution in [0.5, 0.6) is 0 Å². The van der Waals surface area contributed by atoms with Crippen molar-refractivity contribution < 1.29 is 39.2 Å². The third-order valence-corrected chi connectivity index (χ3v) is 8.14. The number of hydrogen-bond acceptors (Lipinski definition) is 10. The molecule has 12 heteroatoms. The highest BCUT2D eigenvalue weighted by Crippen LogP contribution is 2.31. The van der Waals surface area contributed by atoms with Crippen molar-refractivity contribution in [3.8, 4) is 0 Å². The van der Waals surface area contributed by atoms with Crippen LogP contribution < -0.4 is 5.32 Å². The Balaban J connectivity index is 1.81. The first-order chi connectivity index (χ1) is 14.2. The van der Waals surface area contributed by atoms with Crippen LogP contribution in [-0.2, 0) is 23.9 Å². The van der Waals surface area contributed by atoms with Crippen molar-refractivity contribution >= 4 is 45.7 Å². The summed E-state index contributed by atoms with van der Waals surface area (Å²) in [7, 11) is 3.27. The monoisotopic (exact) mass is 464 g/mol. The lowest BCUT2D eigenvalue weighted by molar-refractivity contribution is -0.182. The number of nitrogens with zero attached hydrogens (tertiary/aromatic N) is 1. The van der Waals surface area contributed by atoms with Crippen molar-refractivity contribution in [2.45, 2.75) is 68.9 Å². The molecule has 2 aliphatic rings. The van der Waals surface area contributed by atoms with Gasteiger partial charge in [-0.15, -0.1) is 0 Å². The van der Waals surface area contributed by atoms with Gasteiger partial charge in [0.25, 0.3) is 0 Å². The first-order valence-electron chi connectivity index (χ1n) is 9.74. The standard InChI is InChI=1S/C18H28N2O8S2/c1-9(5-7-29-30-10(2)4-3-6-21)18(27)28-8-11-12(22)13(23)14(24)15-19-16(25)17(26)20(11)15/h6,9-15,22-24H,3-5,7-8H2,1-2H3,(H,19,25)/t9?,10?,11-,12-,13+,14+,15+/m1/s1. The zero-order valence-electron chi connectivity index (χ0n) is 16.8. The van der Waals surface area contributed by atoms with Crippen LogP contribution in [0, 0.1) is 5.92 Å². The molecule has 7 atom stereocenters. The molecule has 170 valence electrons. The van der Waals surface area contributed by atoms with Gasteiger partial charge >= 0.3 is 17.8 Å². The smallest absolute Gasteiger partial charge is 0.314 e. The highest BCUT2D eigenvalue weighted by atomic mass is 33.1. The van der Waals surface area contributed by atoms with E-state index in [0.717, 1.165) is 17.6 Å². The molecule has 0 spiro atoms. The number of aldehydes is 1. The molecule has 0 aromatic heterocycles. The summed E-state index contributed by atoms with van der Waals surface area (Å²) in [6.45, 7) is 3.33. The Morgan fingerprint density at radius 2 is 1.90 bits per heavy atom. The summed E-state index contributed by atoms with van der Waals surface area (Å²) >= 11 is 0. The van der Waals surface area contributed by atoms with Gasteiger partial charge in [0.2, 0.25) is 0 Å². The van der Waals surface area contributed by atoms with E-state index in [1.807, 2.05) is 6.92 Å². The third-order valence-electron chi connectivity index (χ3n) is 5.14. The second-order valence-corrected chi connectivity index (χ2v) is 10.4. The number of carbonyl (C=O) groups excluding carboxylic acids is 4. The highest BCUT2D eigenvalue weighted by Gasteiger charge is 2.55. The van der Waals surface area contributed by atoms with E-state index in [1.54, 1.807) is 28.5 Å². The van der Waals surface area contributed by atoms with Crippen LogP contribution >= 0.6 is 21.6 Å². The van der Waals surface area contributed by atoms with Gasteiger partial charge in [-0.2, -0.15) is 0 Å². The van der Waals surface area contributed by atoms with E-state index in [-0.39, 0.29) is 0 Å². The molecule has 0 radical (unpaired) electrons. The number of piperidine rings is 1. The predicted octanol–water partition coefficient (Wildman–Crippen LogP) is -0.946. The number of ether oxygens (including phenoxy) is 1. The van der Waals surface area contributed by atoms with E-state index >= 15 is 0 Å². The number of nitrogens with one attached hydrogen (secondary N) is 1. The molecule has 2 amide bonds. The summed E-state index contributed by atoms with van der Waals surface area (Å²) in [5, 5.41) is 32.8. The Morgan fingerprint density at radius 3 is 2.57 bits per heavy atom. The van der Waals surface area contributed by atoms with Gasteiger partial charge in [0.05, 0.1) is 12.0 Å². The molecule has 10 nitrogen and oxygen atoms in total. The van der Waals surface area contributed by atoms with Crippen LogP contribution in [0.2, 0.25) is 0 Å². The number of hydrogen-bond donors (Lipinski definition) is 4. The van der Waals surface area contributed by atoms with Gasteiger partial charge in [0.1, 0.15) is 37.4 Å². The van der Waals surface area contributed by atoms with Crippen LogP contribution in [0.25, 0.3) is 0 Å². The van der Waals surface area contributed by atoms with Gasteiger partial charge in [-0.25, -0.2) is 0 Å². The van der Waals surface area contributed by atoms with E-state index in [2.05, 4.69) is 5.32 Å². The molecule has 2 aliphatic heterocycles. The molecular formula is C18H28N2O8S2. The number of carbonyl (C=O) groups is 4. The minimum atomic E-state index is -1.60. The number of rotatable bonds is 11.